The number of hydrogen-bond acceptors (Lipinski definition) is 5. The Morgan fingerprint density at radius 3 is 2.42 bits per heavy atom. The van der Waals surface area contributed by atoms with Crippen molar-refractivity contribution in [3.05, 3.63) is 54.0 Å². The molecule has 0 aliphatic carbocycles. The Kier molecular flexibility index (Phi) is 5.95. The van der Waals surface area contributed by atoms with E-state index in [9.17, 15) is 14.4 Å². The van der Waals surface area contributed by atoms with E-state index in [0.717, 1.165) is 0 Å². The fourth-order valence-corrected chi connectivity index (χ4v) is 1.77. The van der Waals surface area contributed by atoms with Crippen molar-refractivity contribution in [2.24, 2.45) is 0 Å². The molecule has 1 aromatic heterocycles. The molecule has 2 rings (SSSR count). The molecule has 0 aliphatic rings. The third kappa shape index (κ3) is 4.87. The van der Waals surface area contributed by atoms with E-state index in [1.807, 2.05) is 6.92 Å². The van der Waals surface area contributed by atoms with Crippen molar-refractivity contribution in [1.29, 1.82) is 0 Å². The van der Waals surface area contributed by atoms with Gasteiger partial charge in [-0.1, -0.05) is 0 Å². The monoisotopic (exact) mass is 331 g/mol. The van der Waals surface area contributed by atoms with Crippen molar-refractivity contribution >= 4 is 17.7 Å². The molecule has 0 bridgehead atoms. The van der Waals surface area contributed by atoms with E-state index in [2.05, 4.69) is 16.2 Å². The van der Waals surface area contributed by atoms with Crippen LogP contribution >= 0.6 is 0 Å². The fraction of sp³-hybridized carbons (Fsp3) is 0.188. The van der Waals surface area contributed by atoms with Crippen molar-refractivity contribution in [3.8, 4) is 5.75 Å². The van der Waals surface area contributed by atoms with Gasteiger partial charge in [-0.3, -0.25) is 25.2 Å². The number of nitrogens with one attached hydrogen (secondary N) is 3. The minimum atomic E-state index is -0.575. The zero-order chi connectivity index (χ0) is 17.4. The quantitative estimate of drug-likeness (QED) is 0.680. The van der Waals surface area contributed by atoms with E-state index >= 15 is 0 Å². The molecule has 0 saturated heterocycles. The van der Waals surface area contributed by atoms with Crippen LogP contribution in [-0.2, 0) is 4.79 Å². The number of hydrazine groups is 1. The Balaban J connectivity index is 1.74. The first kappa shape index (κ1) is 17.1. The number of furan rings is 1. The summed E-state index contributed by atoms with van der Waals surface area (Å²) in [6, 6.07) is 9.50. The predicted molar refractivity (Wildman–Crippen MR) is 84.3 cm³/mol. The van der Waals surface area contributed by atoms with Crippen LogP contribution in [0.1, 0.15) is 27.8 Å². The van der Waals surface area contributed by atoms with Gasteiger partial charge in [-0.25, -0.2) is 0 Å². The van der Waals surface area contributed by atoms with Gasteiger partial charge in [0.25, 0.3) is 17.7 Å². The highest BCUT2D eigenvalue weighted by molar-refractivity contribution is 5.97. The maximum atomic E-state index is 11.9. The van der Waals surface area contributed by atoms with Gasteiger partial charge in [-0.05, 0) is 43.3 Å². The lowest BCUT2D eigenvalue weighted by Crippen LogP contribution is -2.46. The van der Waals surface area contributed by atoms with Crippen LogP contribution in [0.3, 0.4) is 0 Å². The molecule has 0 atom stereocenters. The van der Waals surface area contributed by atoms with Crippen molar-refractivity contribution in [2.75, 3.05) is 13.2 Å². The highest BCUT2D eigenvalue weighted by Gasteiger charge is 2.11. The smallest absolute Gasteiger partial charge is 0.287 e. The van der Waals surface area contributed by atoms with Gasteiger partial charge in [0.05, 0.1) is 19.4 Å². The summed E-state index contributed by atoms with van der Waals surface area (Å²) in [5.41, 5.74) is 4.82. The zero-order valence-corrected chi connectivity index (χ0v) is 13.0. The van der Waals surface area contributed by atoms with Gasteiger partial charge in [-0.2, -0.15) is 0 Å². The molecule has 0 unspecified atom stereocenters. The molecule has 3 amide bonds. The maximum absolute atomic E-state index is 11.9. The molecule has 1 heterocycles. The van der Waals surface area contributed by atoms with Crippen molar-refractivity contribution in [3.63, 3.8) is 0 Å². The SMILES string of the molecule is CCOc1ccc(C(=O)NNC(=O)CNC(=O)c2ccco2)cc1. The van der Waals surface area contributed by atoms with Crippen molar-refractivity contribution < 1.29 is 23.5 Å². The standard InChI is InChI=1S/C16H17N3O5/c1-2-23-12-7-5-11(6-8-12)15(21)19-18-14(20)10-17-16(22)13-4-3-9-24-13/h3-9H,2,10H2,1H3,(H,17,22)(H,18,20)(H,19,21). The average molecular weight is 331 g/mol. The molecule has 126 valence electrons. The molecule has 8 nitrogen and oxygen atoms in total. The minimum Gasteiger partial charge on any atom is -0.494 e. The van der Waals surface area contributed by atoms with Gasteiger partial charge in [0.15, 0.2) is 5.76 Å². The lowest BCUT2D eigenvalue weighted by atomic mass is 10.2. The molecule has 24 heavy (non-hydrogen) atoms. The zero-order valence-electron chi connectivity index (χ0n) is 13.0. The number of amides is 3. The Morgan fingerprint density at radius 1 is 1.04 bits per heavy atom. The summed E-state index contributed by atoms with van der Waals surface area (Å²) in [5.74, 6) is -0.828. The molecule has 2 aromatic rings. The van der Waals surface area contributed by atoms with E-state index < -0.39 is 17.7 Å². The summed E-state index contributed by atoms with van der Waals surface area (Å²) in [6.45, 7) is 2.09. The first-order valence-electron chi connectivity index (χ1n) is 7.24. The first-order chi connectivity index (χ1) is 11.6. The van der Waals surface area contributed by atoms with Gasteiger partial charge in [0.1, 0.15) is 5.75 Å². The van der Waals surface area contributed by atoms with E-state index in [4.69, 9.17) is 9.15 Å². The molecular weight excluding hydrogens is 314 g/mol. The molecule has 0 radical (unpaired) electrons. The van der Waals surface area contributed by atoms with E-state index in [0.29, 0.717) is 17.9 Å². The number of carbonyl (C=O) groups is 3. The Labute approximate surface area is 138 Å². The molecule has 3 N–H and O–H groups in total. The summed E-state index contributed by atoms with van der Waals surface area (Å²) >= 11 is 0. The number of carbonyl (C=O) groups excluding carboxylic acids is 3. The van der Waals surface area contributed by atoms with Gasteiger partial charge in [-0.15, -0.1) is 0 Å². The van der Waals surface area contributed by atoms with E-state index in [1.165, 1.54) is 12.3 Å². The molecule has 8 heteroatoms. The van der Waals surface area contributed by atoms with Gasteiger partial charge >= 0.3 is 0 Å². The minimum absolute atomic E-state index is 0.0984. The van der Waals surface area contributed by atoms with Crippen LogP contribution in [0.4, 0.5) is 0 Å². The lowest BCUT2D eigenvalue weighted by molar-refractivity contribution is -0.120. The van der Waals surface area contributed by atoms with E-state index in [-0.39, 0.29) is 12.3 Å². The molecule has 0 aliphatic heterocycles. The second kappa shape index (κ2) is 8.37. The van der Waals surface area contributed by atoms with Crippen LogP contribution in [-0.4, -0.2) is 30.9 Å². The number of ether oxygens (including phenoxy) is 1. The summed E-state index contributed by atoms with van der Waals surface area (Å²) < 4.78 is 10.2. The normalized spacial score (nSPS) is 9.88. The highest BCUT2D eigenvalue weighted by Crippen LogP contribution is 2.11. The van der Waals surface area contributed by atoms with Crippen LogP contribution in [0.5, 0.6) is 5.75 Å². The summed E-state index contributed by atoms with van der Waals surface area (Å²) in [6.07, 6.45) is 1.35. The first-order valence-corrected chi connectivity index (χ1v) is 7.24. The summed E-state index contributed by atoms with van der Waals surface area (Å²) in [7, 11) is 0. The van der Waals surface area contributed by atoms with Crippen LogP contribution in [0.2, 0.25) is 0 Å². The Hall–Kier alpha value is -3.29. The molecule has 0 fully saturated rings. The van der Waals surface area contributed by atoms with Crippen LogP contribution < -0.4 is 20.9 Å². The molecule has 0 saturated carbocycles. The molecular formula is C16H17N3O5. The predicted octanol–water partition coefficient (Wildman–Crippen LogP) is 0.869. The topological polar surface area (TPSA) is 110 Å². The lowest BCUT2D eigenvalue weighted by Gasteiger charge is -2.08. The third-order valence-corrected chi connectivity index (χ3v) is 2.90. The average Bonchev–Trinajstić information content (AvgIpc) is 3.13. The largest absolute Gasteiger partial charge is 0.494 e. The van der Waals surface area contributed by atoms with Crippen LogP contribution in [0.15, 0.2) is 47.1 Å². The Bertz CT molecular complexity index is 695. The number of hydrogen-bond donors (Lipinski definition) is 3. The van der Waals surface area contributed by atoms with Crippen molar-refractivity contribution in [2.45, 2.75) is 6.92 Å². The van der Waals surface area contributed by atoms with Gasteiger partial charge in [0, 0.05) is 5.56 Å². The summed E-state index contributed by atoms with van der Waals surface area (Å²) in [5, 5.41) is 2.36. The second-order valence-corrected chi connectivity index (χ2v) is 4.62. The number of benzene rings is 1. The van der Waals surface area contributed by atoms with Crippen molar-refractivity contribution in [1.82, 2.24) is 16.2 Å². The summed E-state index contributed by atoms with van der Waals surface area (Å²) in [4.78, 5) is 35.0. The van der Waals surface area contributed by atoms with Gasteiger partial charge < -0.3 is 14.5 Å². The third-order valence-electron chi connectivity index (χ3n) is 2.90. The fourth-order valence-electron chi connectivity index (χ4n) is 1.77. The van der Waals surface area contributed by atoms with E-state index in [1.54, 1.807) is 30.3 Å². The van der Waals surface area contributed by atoms with Crippen LogP contribution in [0, 0.1) is 0 Å². The van der Waals surface area contributed by atoms with Crippen LogP contribution in [0.25, 0.3) is 0 Å². The molecule has 1 aromatic carbocycles. The number of rotatable bonds is 6. The van der Waals surface area contributed by atoms with Gasteiger partial charge in [0.2, 0.25) is 0 Å². The maximum Gasteiger partial charge on any atom is 0.287 e. The second-order valence-electron chi connectivity index (χ2n) is 4.62. The Morgan fingerprint density at radius 2 is 1.79 bits per heavy atom. The highest BCUT2D eigenvalue weighted by atomic mass is 16.5. The molecule has 0 spiro atoms.